The maximum atomic E-state index is 11.1. The lowest BCUT2D eigenvalue weighted by atomic mass is 9.80. The summed E-state index contributed by atoms with van der Waals surface area (Å²) in [6.45, 7) is 7.96. The molecular weight excluding hydrogens is 286 g/mol. The third kappa shape index (κ3) is 10.7. The molecule has 0 radical (unpaired) electrons. The van der Waals surface area contributed by atoms with E-state index in [1.807, 2.05) is 20.8 Å². The smallest absolute Gasteiger partial charge is 0.265 e. The molecule has 0 bridgehead atoms. The number of nitrogens with zero attached hydrogens (tertiary/aromatic N) is 1. The fourth-order valence-corrected chi connectivity index (χ4v) is 4.21. The van der Waals surface area contributed by atoms with Gasteiger partial charge in [-0.1, -0.05) is 53.4 Å². The zero-order valence-electron chi connectivity index (χ0n) is 13.9. The van der Waals surface area contributed by atoms with Crippen LogP contribution < -0.4 is 0 Å². The van der Waals surface area contributed by atoms with E-state index in [4.69, 9.17) is 9.81 Å². The van der Waals surface area contributed by atoms with Crippen molar-refractivity contribution in [2.24, 2.45) is 17.3 Å². The largest absolute Gasteiger partial charge is 0.286 e. The number of hydrogen-bond donors (Lipinski definition) is 1. The molecule has 0 saturated heterocycles. The lowest BCUT2D eigenvalue weighted by Crippen LogP contribution is -2.26. The van der Waals surface area contributed by atoms with Gasteiger partial charge in [0.25, 0.3) is 10.1 Å². The van der Waals surface area contributed by atoms with Gasteiger partial charge < -0.3 is 0 Å². The monoisotopic (exact) mass is 317 g/mol. The van der Waals surface area contributed by atoms with E-state index in [9.17, 15) is 8.42 Å². The van der Waals surface area contributed by atoms with E-state index >= 15 is 0 Å². The van der Waals surface area contributed by atoms with E-state index in [0.29, 0.717) is 5.92 Å². The second-order valence-electron chi connectivity index (χ2n) is 6.91. The standard InChI is InChI=1S/C16H31NO3S/c1-5-8-15(10-7-9-14(6-2)12-17)11-16(3,4)13-21(18,19)20/h14-15H,5-11,13H2,1-4H3,(H,18,19,20). The van der Waals surface area contributed by atoms with Crippen LogP contribution >= 0.6 is 0 Å². The summed E-state index contributed by atoms with van der Waals surface area (Å²) in [7, 11) is -3.93. The maximum absolute atomic E-state index is 11.1. The van der Waals surface area contributed by atoms with Crippen molar-refractivity contribution in [1.82, 2.24) is 0 Å². The summed E-state index contributed by atoms with van der Waals surface area (Å²) in [4.78, 5) is 0. The van der Waals surface area contributed by atoms with Gasteiger partial charge in [0.15, 0.2) is 0 Å². The van der Waals surface area contributed by atoms with E-state index in [2.05, 4.69) is 13.0 Å². The van der Waals surface area contributed by atoms with Crippen molar-refractivity contribution >= 4 is 10.1 Å². The minimum Gasteiger partial charge on any atom is -0.286 e. The highest BCUT2D eigenvalue weighted by Crippen LogP contribution is 2.32. The molecule has 2 atom stereocenters. The maximum Gasteiger partial charge on any atom is 0.265 e. The van der Waals surface area contributed by atoms with E-state index in [1.165, 1.54) is 0 Å². The molecule has 0 aromatic rings. The Bertz CT molecular complexity index is 423. The molecular formula is C16H31NO3S. The predicted molar refractivity (Wildman–Crippen MR) is 86.5 cm³/mol. The van der Waals surface area contributed by atoms with Gasteiger partial charge >= 0.3 is 0 Å². The molecule has 4 nitrogen and oxygen atoms in total. The summed E-state index contributed by atoms with van der Waals surface area (Å²) >= 11 is 0. The number of rotatable bonds is 11. The molecule has 0 saturated carbocycles. The molecule has 124 valence electrons. The fourth-order valence-electron chi connectivity index (χ4n) is 3.10. The third-order valence-corrected chi connectivity index (χ3v) is 5.10. The first-order valence-electron chi connectivity index (χ1n) is 7.98. The Hall–Kier alpha value is -0.600. The molecule has 0 rings (SSSR count). The van der Waals surface area contributed by atoms with Crippen molar-refractivity contribution < 1.29 is 13.0 Å². The molecule has 0 aliphatic carbocycles. The first-order valence-corrected chi connectivity index (χ1v) is 9.59. The Balaban J connectivity index is 4.45. The van der Waals surface area contributed by atoms with Crippen LogP contribution in [0.5, 0.6) is 0 Å². The molecule has 0 spiro atoms. The highest BCUT2D eigenvalue weighted by Gasteiger charge is 2.28. The van der Waals surface area contributed by atoms with E-state index < -0.39 is 15.5 Å². The van der Waals surface area contributed by atoms with Gasteiger partial charge in [0.2, 0.25) is 0 Å². The van der Waals surface area contributed by atoms with Crippen molar-refractivity contribution in [3.05, 3.63) is 0 Å². The first-order chi connectivity index (χ1) is 9.63. The van der Waals surface area contributed by atoms with Crippen molar-refractivity contribution in [2.45, 2.75) is 72.6 Å². The Morgan fingerprint density at radius 2 is 1.81 bits per heavy atom. The van der Waals surface area contributed by atoms with Crippen molar-refractivity contribution in [3.63, 3.8) is 0 Å². The predicted octanol–water partition coefficient (Wildman–Crippen LogP) is 4.43. The second-order valence-corrected chi connectivity index (χ2v) is 8.37. The molecule has 0 fully saturated rings. The van der Waals surface area contributed by atoms with Gasteiger partial charge in [0, 0.05) is 5.92 Å². The van der Waals surface area contributed by atoms with Crippen LogP contribution in [-0.2, 0) is 10.1 Å². The van der Waals surface area contributed by atoms with E-state index in [0.717, 1.165) is 44.9 Å². The molecule has 1 N–H and O–H groups in total. The molecule has 0 amide bonds. The highest BCUT2D eigenvalue weighted by molar-refractivity contribution is 7.85. The average molecular weight is 317 g/mol. The summed E-state index contributed by atoms with van der Waals surface area (Å²) in [5, 5.41) is 8.96. The topological polar surface area (TPSA) is 78.2 Å². The van der Waals surface area contributed by atoms with Crippen LogP contribution in [0.25, 0.3) is 0 Å². The van der Waals surface area contributed by atoms with Crippen LogP contribution in [0.3, 0.4) is 0 Å². The minimum absolute atomic E-state index is 0.137. The van der Waals surface area contributed by atoms with E-state index in [1.54, 1.807) is 0 Å². The van der Waals surface area contributed by atoms with Crippen LogP contribution in [0.4, 0.5) is 0 Å². The second kappa shape index (κ2) is 9.42. The van der Waals surface area contributed by atoms with Crippen LogP contribution in [0.15, 0.2) is 0 Å². The van der Waals surface area contributed by atoms with Crippen LogP contribution in [0.2, 0.25) is 0 Å². The molecule has 0 aliphatic rings. The van der Waals surface area contributed by atoms with Gasteiger partial charge in [-0.3, -0.25) is 4.55 Å². The van der Waals surface area contributed by atoms with Crippen LogP contribution in [-0.4, -0.2) is 18.7 Å². The Kier molecular flexibility index (Phi) is 9.15. The van der Waals surface area contributed by atoms with Crippen molar-refractivity contribution in [3.8, 4) is 6.07 Å². The highest BCUT2D eigenvalue weighted by atomic mass is 32.2. The molecule has 0 aromatic carbocycles. The Morgan fingerprint density at radius 3 is 2.24 bits per heavy atom. The van der Waals surface area contributed by atoms with Gasteiger partial charge in [0.1, 0.15) is 0 Å². The zero-order valence-corrected chi connectivity index (χ0v) is 14.7. The van der Waals surface area contributed by atoms with Crippen LogP contribution in [0, 0.1) is 28.6 Å². The van der Waals surface area contributed by atoms with Gasteiger partial charge in [-0.25, -0.2) is 0 Å². The van der Waals surface area contributed by atoms with Gasteiger partial charge in [0.05, 0.1) is 11.8 Å². The quantitative estimate of drug-likeness (QED) is 0.572. The molecule has 0 aromatic heterocycles. The fraction of sp³-hybridized carbons (Fsp3) is 0.938. The van der Waals surface area contributed by atoms with Crippen LogP contribution in [0.1, 0.15) is 72.6 Å². The molecule has 0 aliphatic heterocycles. The van der Waals surface area contributed by atoms with Crippen molar-refractivity contribution in [2.75, 3.05) is 5.75 Å². The summed E-state index contributed by atoms with van der Waals surface area (Å²) in [5.74, 6) is 0.414. The average Bonchev–Trinajstić information content (AvgIpc) is 2.31. The third-order valence-electron chi connectivity index (χ3n) is 3.95. The normalized spacial score (nSPS) is 15.4. The minimum atomic E-state index is -3.93. The molecule has 21 heavy (non-hydrogen) atoms. The first kappa shape index (κ1) is 20.4. The number of nitriles is 1. The van der Waals surface area contributed by atoms with Gasteiger partial charge in [-0.05, 0) is 30.6 Å². The molecule has 5 heteroatoms. The zero-order chi connectivity index (χ0) is 16.5. The Morgan fingerprint density at radius 1 is 1.19 bits per heavy atom. The Labute approximate surface area is 130 Å². The summed E-state index contributed by atoms with van der Waals surface area (Å²) in [6, 6.07) is 2.32. The SMILES string of the molecule is CCCC(CCCC(C#N)CC)CC(C)(C)CS(=O)(=O)O. The molecule has 0 heterocycles. The summed E-state index contributed by atoms with van der Waals surface area (Å²) < 4.78 is 31.2. The molecule has 2 unspecified atom stereocenters. The van der Waals surface area contributed by atoms with E-state index in [-0.39, 0.29) is 11.7 Å². The number of hydrogen-bond acceptors (Lipinski definition) is 3. The summed E-state index contributed by atoms with van der Waals surface area (Å²) in [6.07, 6.45) is 6.79. The van der Waals surface area contributed by atoms with Gasteiger partial charge in [-0.15, -0.1) is 0 Å². The van der Waals surface area contributed by atoms with Crippen molar-refractivity contribution in [1.29, 1.82) is 5.26 Å². The van der Waals surface area contributed by atoms with Gasteiger partial charge in [-0.2, -0.15) is 13.7 Å². The summed E-state index contributed by atoms with van der Waals surface area (Å²) in [5.41, 5.74) is -0.410. The lowest BCUT2D eigenvalue weighted by Gasteiger charge is -2.28. The lowest BCUT2D eigenvalue weighted by molar-refractivity contribution is 0.260.